The van der Waals surface area contributed by atoms with Crippen molar-refractivity contribution in [2.75, 3.05) is 12.0 Å². The lowest BCUT2D eigenvalue weighted by Gasteiger charge is -2.35. The molecule has 2 aliphatic heterocycles. The second kappa shape index (κ2) is 8.20. The van der Waals surface area contributed by atoms with E-state index in [-0.39, 0.29) is 30.3 Å². The SMILES string of the molecule is COc1ccc(CN2C(=O)c3ccccc3C2=O)cc1C(=O)N1c2ccccc2CCC1C. The first-order valence-corrected chi connectivity index (χ1v) is 11.0. The number of anilines is 1. The van der Waals surface area contributed by atoms with Crippen molar-refractivity contribution in [3.8, 4) is 5.75 Å². The first-order chi connectivity index (χ1) is 16.0. The van der Waals surface area contributed by atoms with Gasteiger partial charge in [-0.3, -0.25) is 19.3 Å². The highest BCUT2D eigenvalue weighted by Crippen LogP contribution is 2.34. The van der Waals surface area contributed by atoms with Crippen LogP contribution in [0, 0.1) is 0 Å². The Labute approximate surface area is 192 Å². The summed E-state index contributed by atoms with van der Waals surface area (Å²) in [7, 11) is 1.53. The maximum atomic E-state index is 13.7. The molecule has 5 rings (SSSR count). The van der Waals surface area contributed by atoms with E-state index in [2.05, 4.69) is 6.07 Å². The van der Waals surface area contributed by atoms with Gasteiger partial charge in [-0.1, -0.05) is 36.4 Å². The van der Waals surface area contributed by atoms with Crippen molar-refractivity contribution in [2.24, 2.45) is 0 Å². The van der Waals surface area contributed by atoms with E-state index in [1.54, 1.807) is 42.5 Å². The number of nitrogens with zero attached hydrogens (tertiary/aromatic N) is 2. The number of carbonyl (C=O) groups excluding carboxylic acids is 3. The molecular weight excluding hydrogens is 416 g/mol. The lowest BCUT2D eigenvalue weighted by atomic mass is 9.95. The molecule has 1 atom stereocenters. The number of methoxy groups -OCH3 is 1. The number of benzene rings is 3. The predicted octanol–water partition coefficient (Wildman–Crippen LogP) is 4.47. The Morgan fingerprint density at radius 1 is 0.970 bits per heavy atom. The molecule has 2 aliphatic rings. The number of imide groups is 1. The lowest BCUT2D eigenvalue weighted by Crippen LogP contribution is -2.42. The average molecular weight is 440 g/mol. The number of ether oxygens (including phenoxy) is 1. The van der Waals surface area contributed by atoms with Gasteiger partial charge in [-0.2, -0.15) is 0 Å². The van der Waals surface area contributed by atoms with Crippen molar-refractivity contribution in [3.05, 3.63) is 94.5 Å². The smallest absolute Gasteiger partial charge is 0.262 e. The third kappa shape index (κ3) is 3.48. The summed E-state index contributed by atoms with van der Waals surface area (Å²) in [5, 5.41) is 0. The summed E-state index contributed by atoms with van der Waals surface area (Å²) in [6, 6.07) is 20.0. The predicted molar refractivity (Wildman–Crippen MR) is 125 cm³/mol. The number of aryl methyl sites for hydroxylation is 1. The van der Waals surface area contributed by atoms with Crippen LogP contribution in [0.25, 0.3) is 0 Å². The molecule has 0 saturated heterocycles. The van der Waals surface area contributed by atoms with E-state index < -0.39 is 0 Å². The normalized spacial score (nSPS) is 17.1. The molecule has 166 valence electrons. The summed E-state index contributed by atoms with van der Waals surface area (Å²) in [6.45, 7) is 2.13. The van der Waals surface area contributed by atoms with Gasteiger partial charge in [0.25, 0.3) is 17.7 Å². The molecular formula is C27H24N2O4. The number of para-hydroxylation sites is 1. The largest absolute Gasteiger partial charge is 0.496 e. The molecule has 0 bridgehead atoms. The van der Waals surface area contributed by atoms with E-state index in [1.165, 1.54) is 12.0 Å². The van der Waals surface area contributed by atoms with Gasteiger partial charge in [-0.15, -0.1) is 0 Å². The van der Waals surface area contributed by atoms with Gasteiger partial charge in [0.05, 0.1) is 30.3 Å². The third-order valence-corrected chi connectivity index (χ3v) is 6.46. The second-order valence-corrected chi connectivity index (χ2v) is 8.47. The monoisotopic (exact) mass is 440 g/mol. The summed E-state index contributed by atoms with van der Waals surface area (Å²) < 4.78 is 5.50. The van der Waals surface area contributed by atoms with E-state index in [0.717, 1.165) is 24.1 Å². The Kier molecular flexibility index (Phi) is 5.21. The molecule has 0 spiro atoms. The van der Waals surface area contributed by atoms with Crippen LogP contribution >= 0.6 is 0 Å². The summed E-state index contributed by atoms with van der Waals surface area (Å²) in [4.78, 5) is 42.4. The van der Waals surface area contributed by atoms with Crippen LogP contribution in [0.3, 0.4) is 0 Å². The van der Waals surface area contributed by atoms with E-state index in [4.69, 9.17) is 4.74 Å². The highest BCUT2D eigenvalue weighted by Gasteiger charge is 2.35. The van der Waals surface area contributed by atoms with Crippen molar-refractivity contribution in [1.82, 2.24) is 4.90 Å². The zero-order valence-corrected chi connectivity index (χ0v) is 18.6. The van der Waals surface area contributed by atoms with Crippen LogP contribution in [0.1, 0.15) is 55.5 Å². The summed E-state index contributed by atoms with van der Waals surface area (Å²) in [5.41, 5.74) is 3.97. The number of rotatable bonds is 4. The number of amides is 3. The first-order valence-electron chi connectivity index (χ1n) is 11.0. The topological polar surface area (TPSA) is 66.9 Å². The van der Waals surface area contributed by atoms with Crippen molar-refractivity contribution in [3.63, 3.8) is 0 Å². The zero-order chi connectivity index (χ0) is 23.1. The fourth-order valence-electron chi connectivity index (χ4n) is 4.71. The molecule has 0 radical (unpaired) electrons. The fourth-order valence-corrected chi connectivity index (χ4v) is 4.71. The van der Waals surface area contributed by atoms with E-state index in [1.807, 2.05) is 30.0 Å². The molecule has 6 nitrogen and oxygen atoms in total. The second-order valence-electron chi connectivity index (χ2n) is 8.47. The Morgan fingerprint density at radius 2 is 1.64 bits per heavy atom. The minimum absolute atomic E-state index is 0.0389. The molecule has 3 amide bonds. The van der Waals surface area contributed by atoms with Crippen molar-refractivity contribution in [2.45, 2.75) is 32.4 Å². The van der Waals surface area contributed by atoms with Gasteiger partial charge >= 0.3 is 0 Å². The number of hydrogen-bond donors (Lipinski definition) is 0. The first kappa shape index (κ1) is 20.9. The van der Waals surface area contributed by atoms with Crippen LogP contribution in [0.15, 0.2) is 66.7 Å². The standard InChI is InChI=1S/C27H24N2O4/c1-17-11-13-19-7-3-6-10-23(19)29(17)27(32)22-15-18(12-14-24(22)33-2)16-28-25(30)20-8-4-5-9-21(20)26(28)31/h3-10,12,14-15,17H,11,13,16H2,1-2H3. The summed E-state index contributed by atoms with van der Waals surface area (Å²) >= 11 is 0. The molecule has 0 saturated carbocycles. The van der Waals surface area contributed by atoms with Gasteiger partial charge < -0.3 is 9.64 Å². The van der Waals surface area contributed by atoms with E-state index in [0.29, 0.717) is 28.0 Å². The van der Waals surface area contributed by atoms with Gasteiger partial charge in [-0.25, -0.2) is 0 Å². The molecule has 0 N–H and O–H groups in total. The van der Waals surface area contributed by atoms with Gasteiger partial charge in [0.2, 0.25) is 0 Å². The van der Waals surface area contributed by atoms with Crippen LogP contribution < -0.4 is 9.64 Å². The number of fused-ring (bicyclic) bond motifs is 2. The molecule has 0 aliphatic carbocycles. The third-order valence-electron chi connectivity index (χ3n) is 6.46. The zero-order valence-electron chi connectivity index (χ0n) is 18.6. The Morgan fingerprint density at radius 3 is 2.33 bits per heavy atom. The Balaban J connectivity index is 1.48. The van der Waals surface area contributed by atoms with Crippen molar-refractivity contribution in [1.29, 1.82) is 0 Å². The molecule has 0 fully saturated rings. The highest BCUT2D eigenvalue weighted by atomic mass is 16.5. The summed E-state index contributed by atoms with van der Waals surface area (Å²) in [5.74, 6) is -0.340. The minimum atomic E-state index is -0.321. The van der Waals surface area contributed by atoms with Gasteiger partial charge in [0.15, 0.2) is 0 Å². The van der Waals surface area contributed by atoms with Gasteiger partial charge in [0, 0.05) is 11.7 Å². The van der Waals surface area contributed by atoms with Crippen LogP contribution in [-0.4, -0.2) is 35.8 Å². The number of carbonyl (C=O) groups is 3. The molecule has 33 heavy (non-hydrogen) atoms. The summed E-state index contributed by atoms with van der Waals surface area (Å²) in [6.07, 6.45) is 1.80. The molecule has 1 unspecified atom stereocenters. The van der Waals surface area contributed by atoms with Gasteiger partial charge in [-0.05, 0) is 61.2 Å². The molecule has 3 aromatic carbocycles. The molecule has 6 heteroatoms. The Bertz CT molecular complexity index is 1250. The van der Waals surface area contributed by atoms with Gasteiger partial charge in [0.1, 0.15) is 5.75 Å². The van der Waals surface area contributed by atoms with E-state index >= 15 is 0 Å². The van der Waals surface area contributed by atoms with Crippen LogP contribution in [0.5, 0.6) is 5.75 Å². The molecule has 0 aromatic heterocycles. The molecule has 2 heterocycles. The van der Waals surface area contributed by atoms with Crippen LogP contribution in [0.4, 0.5) is 5.69 Å². The molecule has 3 aromatic rings. The van der Waals surface area contributed by atoms with E-state index in [9.17, 15) is 14.4 Å². The quantitative estimate of drug-likeness (QED) is 0.562. The van der Waals surface area contributed by atoms with Crippen LogP contribution in [0.2, 0.25) is 0 Å². The number of hydrogen-bond acceptors (Lipinski definition) is 4. The van der Waals surface area contributed by atoms with Crippen LogP contribution in [-0.2, 0) is 13.0 Å². The maximum Gasteiger partial charge on any atom is 0.262 e. The maximum absolute atomic E-state index is 13.7. The van der Waals surface area contributed by atoms with Crippen molar-refractivity contribution >= 4 is 23.4 Å². The lowest BCUT2D eigenvalue weighted by molar-refractivity contribution is 0.0642. The highest BCUT2D eigenvalue weighted by molar-refractivity contribution is 6.21. The Hall–Kier alpha value is -3.93. The minimum Gasteiger partial charge on any atom is -0.496 e. The fraction of sp³-hybridized carbons (Fsp3) is 0.222. The average Bonchev–Trinajstić information content (AvgIpc) is 3.08. The van der Waals surface area contributed by atoms with Crippen molar-refractivity contribution < 1.29 is 19.1 Å².